The number of fused-ring (bicyclic) bond motifs is 1. The van der Waals surface area contributed by atoms with Crippen molar-refractivity contribution in [2.45, 2.75) is 32.2 Å². The Balaban J connectivity index is 1.42. The number of alkyl halides is 2. The summed E-state index contributed by atoms with van der Waals surface area (Å²) in [5.41, 5.74) is 1.66. The van der Waals surface area contributed by atoms with Crippen LogP contribution in [0.25, 0.3) is 22.8 Å². The van der Waals surface area contributed by atoms with Crippen molar-refractivity contribution < 1.29 is 27.2 Å². The first kappa shape index (κ1) is 21.6. The van der Waals surface area contributed by atoms with Gasteiger partial charge in [-0.15, -0.1) is 10.2 Å². The smallest absolute Gasteiger partial charge is 0.314 e. The standard InChI is InChI=1S/C24H18F2N4O4/c1-24(2)17-10-13(18-4-3-9-33-18)6-8-16(17)22(31)30(23(24)32)12-15-7-5-14(11-27-15)20-28-29-21(34-20)19(25)26/h3-11,19H,12H2,1-2H3. The largest absolute Gasteiger partial charge is 0.464 e. The van der Waals surface area contributed by atoms with Crippen LogP contribution in [0.5, 0.6) is 0 Å². The predicted octanol–water partition coefficient (Wildman–Crippen LogP) is 4.79. The highest BCUT2D eigenvalue weighted by atomic mass is 19.3. The van der Waals surface area contributed by atoms with E-state index in [-0.39, 0.29) is 18.3 Å². The fraction of sp³-hybridized carbons (Fsp3) is 0.208. The number of hydrogen-bond acceptors (Lipinski definition) is 7. The Bertz CT molecular complexity index is 1380. The van der Waals surface area contributed by atoms with Crippen LogP contribution in [-0.2, 0) is 16.8 Å². The van der Waals surface area contributed by atoms with Crippen molar-refractivity contribution in [3.05, 3.63) is 77.6 Å². The number of rotatable bonds is 5. The Morgan fingerprint density at radius 3 is 2.50 bits per heavy atom. The molecule has 2 amide bonds. The van der Waals surface area contributed by atoms with Crippen LogP contribution in [0.4, 0.5) is 8.78 Å². The van der Waals surface area contributed by atoms with Crippen molar-refractivity contribution in [1.29, 1.82) is 0 Å². The molecular formula is C24H18F2N4O4. The van der Waals surface area contributed by atoms with Crippen LogP contribution in [0.3, 0.4) is 0 Å². The van der Waals surface area contributed by atoms with Crippen LogP contribution in [0.15, 0.2) is 63.8 Å². The Labute approximate surface area is 192 Å². The Morgan fingerprint density at radius 1 is 1.06 bits per heavy atom. The molecule has 5 rings (SSSR count). The second kappa shape index (κ2) is 7.98. The van der Waals surface area contributed by atoms with Gasteiger partial charge in [-0.1, -0.05) is 6.07 Å². The molecule has 1 aliphatic heterocycles. The summed E-state index contributed by atoms with van der Waals surface area (Å²) in [6.07, 6.45) is 0.0593. The summed E-state index contributed by atoms with van der Waals surface area (Å²) < 4.78 is 35.7. The van der Waals surface area contributed by atoms with Crippen molar-refractivity contribution in [2.24, 2.45) is 0 Å². The molecule has 1 aliphatic rings. The van der Waals surface area contributed by atoms with Gasteiger partial charge >= 0.3 is 6.43 Å². The van der Waals surface area contributed by atoms with Gasteiger partial charge in [0.2, 0.25) is 11.8 Å². The number of furan rings is 1. The fourth-order valence-electron chi connectivity index (χ4n) is 3.92. The van der Waals surface area contributed by atoms with E-state index in [1.807, 2.05) is 12.1 Å². The lowest BCUT2D eigenvalue weighted by atomic mass is 9.76. The van der Waals surface area contributed by atoms with Gasteiger partial charge in [-0.3, -0.25) is 19.5 Å². The van der Waals surface area contributed by atoms with Gasteiger partial charge in [0, 0.05) is 17.3 Å². The highest BCUT2D eigenvalue weighted by molar-refractivity contribution is 6.13. The maximum Gasteiger partial charge on any atom is 0.314 e. The first-order valence-electron chi connectivity index (χ1n) is 10.4. The molecule has 3 aromatic heterocycles. The zero-order valence-electron chi connectivity index (χ0n) is 18.2. The van der Waals surface area contributed by atoms with Crippen molar-refractivity contribution in [3.8, 4) is 22.8 Å². The summed E-state index contributed by atoms with van der Waals surface area (Å²) >= 11 is 0. The number of imide groups is 1. The third kappa shape index (κ3) is 3.57. The lowest BCUT2D eigenvalue weighted by molar-refractivity contribution is -0.134. The van der Waals surface area contributed by atoms with Crippen LogP contribution in [-0.4, -0.2) is 31.9 Å². The third-order valence-electron chi connectivity index (χ3n) is 5.77. The molecule has 34 heavy (non-hydrogen) atoms. The quantitative estimate of drug-likeness (QED) is 0.391. The molecule has 0 radical (unpaired) electrons. The van der Waals surface area contributed by atoms with Crippen LogP contribution in [0, 0.1) is 0 Å². The number of benzene rings is 1. The number of aromatic nitrogens is 3. The SMILES string of the molecule is CC1(C)C(=O)N(Cc2ccc(-c3nnc(C(F)F)o3)cn2)C(=O)c2ccc(-c3ccco3)cc21. The van der Waals surface area contributed by atoms with Gasteiger partial charge in [0.25, 0.3) is 11.8 Å². The maximum atomic E-state index is 13.3. The fourth-order valence-corrected chi connectivity index (χ4v) is 3.92. The van der Waals surface area contributed by atoms with E-state index in [4.69, 9.17) is 8.83 Å². The minimum Gasteiger partial charge on any atom is -0.464 e. The lowest BCUT2D eigenvalue weighted by Gasteiger charge is -2.37. The van der Waals surface area contributed by atoms with Gasteiger partial charge in [-0.2, -0.15) is 8.78 Å². The van der Waals surface area contributed by atoms with Gasteiger partial charge < -0.3 is 8.83 Å². The molecule has 8 nitrogen and oxygen atoms in total. The van der Waals surface area contributed by atoms with Crippen LogP contribution in [0.2, 0.25) is 0 Å². The van der Waals surface area contributed by atoms with E-state index in [9.17, 15) is 18.4 Å². The van der Waals surface area contributed by atoms with E-state index in [0.717, 1.165) is 5.56 Å². The normalized spacial score (nSPS) is 15.1. The summed E-state index contributed by atoms with van der Waals surface area (Å²) in [6, 6.07) is 12.0. The minimum atomic E-state index is -2.87. The van der Waals surface area contributed by atoms with Crippen LogP contribution < -0.4 is 0 Å². The molecule has 0 aliphatic carbocycles. The molecule has 0 bridgehead atoms. The van der Waals surface area contributed by atoms with E-state index in [1.165, 1.54) is 11.1 Å². The van der Waals surface area contributed by atoms with Crippen molar-refractivity contribution in [2.75, 3.05) is 0 Å². The third-order valence-corrected chi connectivity index (χ3v) is 5.77. The molecule has 0 saturated heterocycles. The summed E-state index contributed by atoms with van der Waals surface area (Å²) in [4.78, 5) is 32.0. The predicted molar refractivity (Wildman–Crippen MR) is 115 cm³/mol. The monoisotopic (exact) mass is 464 g/mol. The average Bonchev–Trinajstić information content (AvgIpc) is 3.54. The number of nitrogens with zero attached hydrogens (tertiary/aromatic N) is 4. The summed E-state index contributed by atoms with van der Waals surface area (Å²) in [5.74, 6) is -1.01. The highest BCUT2D eigenvalue weighted by Gasteiger charge is 2.44. The molecule has 0 N–H and O–H groups in total. The molecule has 172 valence electrons. The summed E-state index contributed by atoms with van der Waals surface area (Å²) in [5, 5.41) is 6.87. The molecule has 1 aromatic carbocycles. The molecule has 0 spiro atoms. The number of carbonyl (C=O) groups excluding carboxylic acids is 2. The zero-order chi connectivity index (χ0) is 24.0. The molecular weight excluding hydrogens is 446 g/mol. The van der Waals surface area contributed by atoms with Crippen molar-refractivity contribution >= 4 is 11.8 Å². The molecule has 4 heterocycles. The second-order valence-corrected chi connectivity index (χ2v) is 8.34. The van der Waals surface area contributed by atoms with Crippen LogP contribution >= 0.6 is 0 Å². The molecule has 10 heteroatoms. The molecule has 0 fully saturated rings. The average molecular weight is 464 g/mol. The van der Waals surface area contributed by atoms with E-state index in [1.54, 1.807) is 50.4 Å². The van der Waals surface area contributed by atoms with Gasteiger partial charge in [0.1, 0.15) is 5.76 Å². The first-order chi connectivity index (χ1) is 16.3. The Kier molecular flexibility index (Phi) is 5.07. The summed E-state index contributed by atoms with van der Waals surface area (Å²) in [7, 11) is 0. The number of carbonyl (C=O) groups is 2. The van der Waals surface area contributed by atoms with Gasteiger partial charge in [-0.05, 0) is 55.8 Å². The molecule has 0 saturated carbocycles. The summed E-state index contributed by atoms with van der Waals surface area (Å²) in [6.45, 7) is 3.49. The number of hydrogen-bond donors (Lipinski definition) is 0. The van der Waals surface area contributed by atoms with E-state index in [0.29, 0.717) is 28.1 Å². The topological polar surface area (TPSA) is 102 Å². The van der Waals surface area contributed by atoms with Gasteiger partial charge in [-0.25, -0.2) is 0 Å². The van der Waals surface area contributed by atoms with Gasteiger partial charge in [0.05, 0.1) is 29.5 Å². The van der Waals surface area contributed by atoms with Crippen molar-refractivity contribution in [1.82, 2.24) is 20.1 Å². The Morgan fingerprint density at radius 2 is 1.85 bits per heavy atom. The van der Waals surface area contributed by atoms with E-state index >= 15 is 0 Å². The molecule has 4 aromatic rings. The van der Waals surface area contributed by atoms with Crippen LogP contribution in [0.1, 0.15) is 47.8 Å². The number of pyridine rings is 1. The van der Waals surface area contributed by atoms with E-state index in [2.05, 4.69) is 15.2 Å². The number of halogens is 2. The molecule has 0 atom stereocenters. The minimum absolute atomic E-state index is 0.0487. The zero-order valence-corrected chi connectivity index (χ0v) is 18.2. The maximum absolute atomic E-state index is 13.3. The van der Waals surface area contributed by atoms with Gasteiger partial charge in [0.15, 0.2) is 0 Å². The molecule has 0 unspecified atom stereocenters. The first-order valence-corrected chi connectivity index (χ1v) is 10.4. The number of amides is 2. The van der Waals surface area contributed by atoms with E-state index < -0.39 is 23.6 Å². The van der Waals surface area contributed by atoms with Crippen molar-refractivity contribution in [3.63, 3.8) is 0 Å². The lowest BCUT2D eigenvalue weighted by Crippen LogP contribution is -2.51. The Hall–Kier alpha value is -4.21. The highest BCUT2D eigenvalue weighted by Crippen LogP contribution is 2.37. The second-order valence-electron chi connectivity index (χ2n) is 8.34.